The van der Waals surface area contributed by atoms with Crippen molar-refractivity contribution in [2.24, 2.45) is 5.10 Å². The average Bonchev–Trinajstić information content (AvgIpc) is 3.23. The molecule has 152 valence electrons. The van der Waals surface area contributed by atoms with Crippen LogP contribution in [0.15, 0.2) is 64.9 Å². The van der Waals surface area contributed by atoms with Crippen LogP contribution in [0.1, 0.15) is 36.4 Å². The third-order valence-corrected chi connectivity index (χ3v) is 5.76. The van der Waals surface area contributed by atoms with Crippen LogP contribution in [-0.2, 0) is 9.59 Å². The topological polar surface area (TPSA) is 95.8 Å². The monoisotopic (exact) mass is 420 g/mol. The Bertz CT molecular complexity index is 1130. The van der Waals surface area contributed by atoms with Crippen molar-refractivity contribution in [3.63, 3.8) is 0 Å². The molecule has 0 aliphatic carbocycles. The number of nitrogens with zero attached hydrogens (tertiary/aromatic N) is 4. The summed E-state index contributed by atoms with van der Waals surface area (Å²) in [7, 11) is 0. The van der Waals surface area contributed by atoms with Crippen molar-refractivity contribution in [2.45, 2.75) is 30.2 Å². The van der Waals surface area contributed by atoms with Crippen LogP contribution in [0.2, 0.25) is 0 Å². The number of hydrogen-bond acceptors (Lipinski definition) is 6. The number of hydrogen-bond donors (Lipinski definition) is 1. The zero-order valence-electron chi connectivity index (χ0n) is 16.4. The Balaban J connectivity index is 1.67. The first-order chi connectivity index (χ1) is 14.5. The highest BCUT2D eigenvalue weighted by Crippen LogP contribution is 2.34. The minimum atomic E-state index is -1.00. The third kappa shape index (κ3) is 4.18. The Morgan fingerprint density at radius 2 is 1.80 bits per heavy atom. The van der Waals surface area contributed by atoms with Crippen molar-refractivity contribution in [1.82, 2.24) is 15.0 Å². The van der Waals surface area contributed by atoms with Gasteiger partial charge in [0.25, 0.3) is 0 Å². The minimum Gasteiger partial charge on any atom is -0.481 e. The van der Waals surface area contributed by atoms with Gasteiger partial charge in [-0.05, 0) is 41.6 Å². The maximum absolute atomic E-state index is 12.8. The van der Waals surface area contributed by atoms with E-state index in [0.717, 1.165) is 32.8 Å². The molecule has 7 nitrogen and oxygen atoms in total. The Labute approximate surface area is 177 Å². The second-order valence-corrected chi connectivity index (χ2v) is 7.81. The quantitative estimate of drug-likeness (QED) is 0.608. The van der Waals surface area contributed by atoms with Gasteiger partial charge in [0, 0.05) is 30.1 Å². The molecule has 2 aromatic carbocycles. The van der Waals surface area contributed by atoms with Crippen LogP contribution in [0.3, 0.4) is 0 Å². The maximum atomic E-state index is 12.8. The minimum absolute atomic E-state index is 0.0958. The second kappa shape index (κ2) is 8.62. The molecule has 2 heterocycles. The highest BCUT2D eigenvalue weighted by molar-refractivity contribution is 7.98. The van der Waals surface area contributed by atoms with E-state index in [1.165, 1.54) is 5.01 Å². The number of hydrazone groups is 1. The Morgan fingerprint density at radius 1 is 1.07 bits per heavy atom. The van der Waals surface area contributed by atoms with Crippen LogP contribution in [-0.4, -0.2) is 43.9 Å². The fraction of sp³-hybridized carbons (Fsp3) is 0.227. The molecular weight excluding hydrogens is 400 g/mol. The molecule has 4 rings (SSSR count). The number of carbonyl (C=O) groups is 2. The van der Waals surface area contributed by atoms with Crippen LogP contribution in [0.4, 0.5) is 0 Å². The molecule has 0 radical (unpaired) electrons. The van der Waals surface area contributed by atoms with Gasteiger partial charge in [-0.15, -0.1) is 11.8 Å². The van der Waals surface area contributed by atoms with E-state index < -0.39 is 5.97 Å². The summed E-state index contributed by atoms with van der Waals surface area (Å²) in [5, 5.41) is 15.0. The summed E-state index contributed by atoms with van der Waals surface area (Å²) in [6.45, 7) is 0. The number of rotatable bonds is 6. The van der Waals surface area contributed by atoms with Gasteiger partial charge in [0.05, 0.1) is 29.2 Å². The van der Waals surface area contributed by atoms with Crippen molar-refractivity contribution in [3.8, 4) is 0 Å². The lowest BCUT2D eigenvalue weighted by Gasteiger charge is -2.22. The maximum Gasteiger partial charge on any atom is 0.303 e. The summed E-state index contributed by atoms with van der Waals surface area (Å²) in [4.78, 5) is 33.5. The lowest BCUT2D eigenvalue weighted by Crippen LogP contribution is -2.27. The van der Waals surface area contributed by atoms with Crippen molar-refractivity contribution in [1.29, 1.82) is 0 Å². The largest absolute Gasteiger partial charge is 0.481 e. The molecule has 1 aliphatic heterocycles. The van der Waals surface area contributed by atoms with Crippen molar-refractivity contribution < 1.29 is 14.7 Å². The first-order valence-electron chi connectivity index (χ1n) is 9.51. The van der Waals surface area contributed by atoms with Crippen LogP contribution in [0.25, 0.3) is 11.0 Å². The molecular formula is C22H20N4O3S. The van der Waals surface area contributed by atoms with E-state index in [2.05, 4.69) is 15.1 Å². The van der Waals surface area contributed by atoms with E-state index >= 15 is 0 Å². The number of carbonyl (C=O) groups excluding carboxylic acids is 1. The third-order valence-electron chi connectivity index (χ3n) is 5.02. The molecule has 1 atom stereocenters. The van der Waals surface area contributed by atoms with E-state index in [9.17, 15) is 9.59 Å². The molecule has 1 aromatic heterocycles. The van der Waals surface area contributed by atoms with Gasteiger partial charge in [-0.3, -0.25) is 19.6 Å². The van der Waals surface area contributed by atoms with Gasteiger partial charge >= 0.3 is 5.97 Å². The lowest BCUT2D eigenvalue weighted by molar-refractivity contribution is -0.141. The Morgan fingerprint density at radius 3 is 2.50 bits per heavy atom. The molecule has 0 saturated heterocycles. The fourth-order valence-corrected chi connectivity index (χ4v) is 3.88. The predicted octanol–water partition coefficient (Wildman–Crippen LogP) is 3.89. The summed E-state index contributed by atoms with van der Waals surface area (Å²) in [5.74, 6) is -1.31. The summed E-state index contributed by atoms with van der Waals surface area (Å²) in [5.41, 5.74) is 4.16. The standard InChI is InChI=1S/C22H20N4O3S/c1-30-16-5-2-14(3-6-16)18-13-20(26(25-18)21(27)8-9-22(28)29)15-4-7-17-19(12-15)24-11-10-23-17/h2-7,10-12,20H,8-9,13H2,1H3,(H,28,29). The van der Waals surface area contributed by atoms with Gasteiger partial charge in [-0.1, -0.05) is 18.2 Å². The lowest BCUT2D eigenvalue weighted by atomic mass is 9.98. The van der Waals surface area contributed by atoms with Crippen LogP contribution < -0.4 is 0 Å². The predicted molar refractivity (Wildman–Crippen MR) is 115 cm³/mol. The molecule has 1 unspecified atom stereocenters. The van der Waals surface area contributed by atoms with E-state index in [1.807, 2.05) is 48.7 Å². The molecule has 1 amide bonds. The van der Waals surface area contributed by atoms with Crippen LogP contribution in [0.5, 0.6) is 0 Å². The highest BCUT2D eigenvalue weighted by Gasteiger charge is 2.33. The van der Waals surface area contributed by atoms with E-state index in [4.69, 9.17) is 5.11 Å². The molecule has 0 spiro atoms. The number of thioether (sulfide) groups is 1. The fourth-order valence-electron chi connectivity index (χ4n) is 3.47. The van der Waals surface area contributed by atoms with Gasteiger partial charge in [0.1, 0.15) is 0 Å². The number of carboxylic acids is 1. The molecule has 0 bridgehead atoms. The molecule has 0 fully saturated rings. The summed E-state index contributed by atoms with van der Waals surface area (Å²) in [6, 6.07) is 13.5. The van der Waals surface area contributed by atoms with E-state index in [1.54, 1.807) is 24.2 Å². The van der Waals surface area contributed by atoms with E-state index in [-0.39, 0.29) is 24.8 Å². The molecule has 8 heteroatoms. The highest BCUT2D eigenvalue weighted by atomic mass is 32.2. The van der Waals surface area contributed by atoms with Gasteiger partial charge in [-0.25, -0.2) is 5.01 Å². The number of benzene rings is 2. The van der Waals surface area contributed by atoms with Crippen LogP contribution >= 0.6 is 11.8 Å². The summed E-state index contributed by atoms with van der Waals surface area (Å²) in [6.07, 6.45) is 5.51. The molecule has 30 heavy (non-hydrogen) atoms. The molecule has 0 saturated carbocycles. The first-order valence-corrected chi connectivity index (χ1v) is 10.7. The number of amides is 1. The normalized spacial score (nSPS) is 16.0. The Kier molecular flexibility index (Phi) is 5.76. The van der Waals surface area contributed by atoms with Gasteiger partial charge in [0.15, 0.2) is 0 Å². The number of carboxylic acid groups (broad SMARTS) is 1. The number of fused-ring (bicyclic) bond motifs is 1. The van der Waals surface area contributed by atoms with E-state index in [0.29, 0.717) is 6.42 Å². The van der Waals surface area contributed by atoms with Crippen LogP contribution in [0, 0.1) is 0 Å². The van der Waals surface area contributed by atoms with Gasteiger partial charge < -0.3 is 5.11 Å². The number of aliphatic carboxylic acids is 1. The van der Waals surface area contributed by atoms with Crippen molar-refractivity contribution in [3.05, 3.63) is 66.0 Å². The van der Waals surface area contributed by atoms with Crippen molar-refractivity contribution >= 4 is 40.4 Å². The average molecular weight is 420 g/mol. The molecule has 1 N–H and O–H groups in total. The first kappa shape index (κ1) is 20.0. The summed E-state index contributed by atoms with van der Waals surface area (Å²) >= 11 is 1.66. The second-order valence-electron chi connectivity index (χ2n) is 6.93. The SMILES string of the molecule is CSc1ccc(C2=NN(C(=O)CCC(=O)O)C(c3ccc4nccnc4c3)C2)cc1. The molecule has 1 aliphatic rings. The zero-order chi connectivity index (χ0) is 21.1. The Hall–Kier alpha value is -3.26. The smallest absolute Gasteiger partial charge is 0.303 e. The van der Waals surface area contributed by atoms with Gasteiger partial charge in [0.2, 0.25) is 5.91 Å². The number of aromatic nitrogens is 2. The summed E-state index contributed by atoms with van der Waals surface area (Å²) < 4.78 is 0. The zero-order valence-corrected chi connectivity index (χ0v) is 17.2. The molecule has 3 aromatic rings. The van der Waals surface area contributed by atoms with Gasteiger partial charge in [-0.2, -0.15) is 5.10 Å². The van der Waals surface area contributed by atoms with Crippen molar-refractivity contribution in [2.75, 3.05) is 6.26 Å².